The van der Waals surface area contributed by atoms with Crippen LogP contribution >= 0.6 is 23.2 Å². The monoisotopic (exact) mass is 253 g/mol. The van der Waals surface area contributed by atoms with Gasteiger partial charge in [0.05, 0.1) is 29.1 Å². The summed E-state index contributed by atoms with van der Waals surface area (Å²) in [5, 5.41) is 4.43. The smallest absolute Gasteiger partial charge is 0.0777 e. The van der Waals surface area contributed by atoms with Gasteiger partial charge in [-0.25, -0.2) is 0 Å². The van der Waals surface area contributed by atoms with Crippen LogP contribution in [0.4, 0.5) is 5.69 Å². The minimum absolute atomic E-state index is 0.563. The molecule has 0 fully saturated rings. The number of rotatable bonds is 3. The van der Waals surface area contributed by atoms with Gasteiger partial charge in [0.15, 0.2) is 0 Å². The van der Waals surface area contributed by atoms with E-state index in [4.69, 9.17) is 23.2 Å². The standard InChI is InChI=1S/C11H9Cl2N3/c12-8-1-2-10(13)11(5-8)16-7-9-6-14-3-4-15-9/h1-6,16H,7H2. The first-order chi connectivity index (χ1) is 7.75. The Labute approximate surface area is 103 Å². The highest BCUT2D eigenvalue weighted by Gasteiger charge is 2.01. The fraction of sp³-hybridized carbons (Fsp3) is 0.0909. The largest absolute Gasteiger partial charge is 0.378 e. The predicted octanol–water partition coefficient (Wildman–Crippen LogP) is 3.40. The van der Waals surface area contributed by atoms with Crippen LogP contribution in [0, 0.1) is 0 Å². The first-order valence-corrected chi connectivity index (χ1v) is 5.45. The number of hydrogen-bond donors (Lipinski definition) is 1. The minimum atomic E-state index is 0.563. The zero-order valence-corrected chi connectivity index (χ0v) is 9.83. The van der Waals surface area contributed by atoms with Gasteiger partial charge < -0.3 is 5.32 Å². The quantitative estimate of drug-likeness (QED) is 0.912. The zero-order chi connectivity index (χ0) is 11.4. The molecule has 0 spiro atoms. The average molecular weight is 254 g/mol. The van der Waals surface area contributed by atoms with Gasteiger partial charge in [-0.1, -0.05) is 23.2 Å². The Hall–Kier alpha value is -1.32. The van der Waals surface area contributed by atoms with Crippen LogP contribution in [0.25, 0.3) is 0 Å². The molecule has 5 heteroatoms. The van der Waals surface area contributed by atoms with E-state index in [9.17, 15) is 0 Å². The van der Waals surface area contributed by atoms with Gasteiger partial charge in [-0.15, -0.1) is 0 Å². The molecule has 1 aromatic carbocycles. The van der Waals surface area contributed by atoms with Crippen LogP contribution in [0.1, 0.15) is 5.69 Å². The molecule has 1 N–H and O–H groups in total. The lowest BCUT2D eigenvalue weighted by atomic mass is 10.3. The lowest BCUT2D eigenvalue weighted by molar-refractivity contribution is 1.01. The summed E-state index contributed by atoms with van der Waals surface area (Å²) >= 11 is 11.9. The lowest BCUT2D eigenvalue weighted by Gasteiger charge is -2.07. The molecule has 0 bridgehead atoms. The van der Waals surface area contributed by atoms with Crippen molar-refractivity contribution in [2.75, 3.05) is 5.32 Å². The van der Waals surface area contributed by atoms with Crippen LogP contribution in [0.5, 0.6) is 0 Å². The van der Waals surface area contributed by atoms with Crippen LogP contribution in [0.15, 0.2) is 36.8 Å². The molecule has 82 valence electrons. The fourth-order valence-corrected chi connectivity index (χ4v) is 1.60. The molecule has 0 aliphatic heterocycles. The molecule has 16 heavy (non-hydrogen) atoms. The lowest BCUT2D eigenvalue weighted by Crippen LogP contribution is -2.02. The molecule has 0 aliphatic rings. The SMILES string of the molecule is Clc1ccc(Cl)c(NCc2cnccn2)c1. The van der Waals surface area contributed by atoms with Crippen molar-refractivity contribution in [3.05, 3.63) is 52.5 Å². The maximum atomic E-state index is 6.01. The van der Waals surface area contributed by atoms with Crippen molar-refractivity contribution in [2.24, 2.45) is 0 Å². The van der Waals surface area contributed by atoms with Crippen LogP contribution < -0.4 is 5.32 Å². The Kier molecular flexibility index (Phi) is 3.59. The molecule has 0 atom stereocenters. The summed E-state index contributed by atoms with van der Waals surface area (Å²) in [6.45, 7) is 0.563. The van der Waals surface area contributed by atoms with Crippen molar-refractivity contribution < 1.29 is 0 Å². The van der Waals surface area contributed by atoms with Crippen molar-refractivity contribution in [3.63, 3.8) is 0 Å². The topological polar surface area (TPSA) is 37.8 Å². The number of hydrogen-bond acceptors (Lipinski definition) is 3. The van der Waals surface area contributed by atoms with E-state index >= 15 is 0 Å². The van der Waals surface area contributed by atoms with E-state index in [1.165, 1.54) is 0 Å². The van der Waals surface area contributed by atoms with Gasteiger partial charge in [0.25, 0.3) is 0 Å². The molecular formula is C11H9Cl2N3. The van der Waals surface area contributed by atoms with Crippen LogP contribution in [0.2, 0.25) is 10.0 Å². The zero-order valence-electron chi connectivity index (χ0n) is 8.32. The molecule has 3 nitrogen and oxygen atoms in total. The molecule has 0 unspecified atom stereocenters. The van der Waals surface area contributed by atoms with Gasteiger partial charge in [-0.05, 0) is 18.2 Å². The summed E-state index contributed by atoms with van der Waals surface area (Å²) in [6, 6.07) is 5.28. The van der Waals surface area contributed by atoms with Crippen LogP contribution in [-0.4, -0.2) is 9.97 Å². The molecule has 0 aliphatic carbocycles. The van der Waals surface area contributed by atoms with Crippen molar-refractivity contribution >= 4 is 28.9 Å². The molecule has 0 amide bonds. The third kappa shape index (κ3) is 2.84. The number of anilines is 1. The molecule has 2 aromatic rings. The molecule has 0 radical (unpaired) electrons. The van der Waals surface area contributed by atoms with Crippen molar-refractivity contribution in [3.8, 4) is 0 Å². The summed E-state index contributed by atoms with van der Waals surface area (Å²) < 4.78 is 0. The highest BCUT2D eigenvalue weighted by atomic mass is 35.5. The highest BCUT2D eigenvalue weighted by Crippen LogP contribution is 2.25. The fourth-order valence-electron chi connectivity index (χ4n) is 1.24. The number of benzene rings is 1. The summed E-state index contributed by atoms with van der Waals surface area (Å²) in [5.41, 5.74) is 1.64. The first-order valence-electron chi connectivity index (χ1n) is 4.69. The molecule has 0 saturated heterocycles. The van der Waals surface area contributed by atoms with Crippen molar-refractivity contribution in [2.45, 2.75) is 6.54 Å². The minimum Gasteiger partial charge on any atom is -0.378 e. The first kappa shape index (κ1) is 11.2. The van der Waals surface area contributed by atoms with Gasteiger partial charge in [0.1, 0.15) is 0 Å². The van der Waals surface area contributed by atoms with E-state index in [1.54, 1.807) is 36.8 Å². The summed E-state index contributed by atoms with van der Waals surface area (Å²) in [4.78, 5) is 8.12. The molecular weight excluding hydrogens is 245 g/mol. The number of nitrogens with zero attached hydrogens (tertiary/aromatic N) is 2. The number of halogens is 2. The van der Waals surface area contributed by atoms with Crippen LogP contribution in [-0.2, 0) is 6.54 Å². The maximum Gasteiger partial charge on any atom is 0.0777 e. The Bertz CT molecular complexity index is 474. The van der Waals surface area contributed by atoms with Gasteiger partial charge in [-0.2, -0.15) is 0 Å². The third-order valence-electron chi connectivity index (χ3n) is 2.01. The van der Waals surface area contributed by atoms with E-state index in [1.807, 2.05) is 0 Å². The van der Waals surface area contributed by atoms with E-state index in [-0.39, 0.29) is 0 Å². The average Bonchev–Trinajstić information content (AvgIpc) is 2.32. The highest BCUT2D eigenvalue weighted by molar-refractivity contribution is 6.35. The van der Waals surface area contributed by atoms with Crippen molar-refractivity contribution in [1.29, 1.82) is 0 Å². The van der Waals surface area contributed by atoms with Crippen LogP contribution in [0.3, 0.4) is 0 Å². The molecule has 2 rings (SSSR count). The van der Waals surface area contributed by atoms with E-state index in [0.717, 1.165) is 11.4 Å². The Morgan fingerprint density at radius 1 is 1.19 bits per heavy atom. The predicted molar refractivity (Wildman–Crippen MR) is 65.8 cm³/mol. The number of nitrogens with one attached hydrogen (secondary N) is 1. The Balaban J connectivity index is 2.08. The summed E-state index contributed by atoms with van der Waals surface area (Å²) in [5.74, 6) is 0. The van der Waals surface area contributed by atoms with E-state index in [0.29, 0.717) is 16.6 Å². The Morgan fingerprint density at radius 2 is 2.06 bits per heavy atom. The second-order valence-electron chi connectivity index (χ2n) is 3.17. The van der Waals surface area contributed by atoms with Gasteiger partial charge in [0.2, 0.25) is 0 Å². The molecule has 1 heterocycles. The maximum absolute atomic E-state index is 6.01. The van der Waals surface area contributed by atoms with Crippen molar-refractivity contribution in [1.82, 2.24) is 9.97 Å². The third-order valence-corrected chi connectivity index (χ3v) is 2.57. The van der Waals surface area contributed by atoms with E-state index in [2.05, 4.69) is 15.3 Å². The van der Waals surface area contributed by atoms with Gasteiger partial charge >= 0.3 is 0 Å². The molecule has 1 aromatic heterocycles. The van der Waals surface area contributed by atoms with Gasteiger partial charge in [-0.3, -0.25) is 9.97 Å². The second-order valence-corrected chi connectivity index (χ2v) is 4.02. The Morgan fingerprint density at radius 3 is 2.81 bits per heavy atom. The summed E-state index contributed by atoms with van der Waals surface area (Å²) in [6.07, 6.45) is 4.98. The second kappa shape index (κ2) is 5.14. The van der Waals surface area contributed by atoms with Gasteiger partial charge in [0, 0.05) is 17.4 Å². The normalized spacial score (nSPS) is 10.1. The summed E-state index contributed by atoms with van der Waals surface area (Å²) in [7, 11) is 0. The number of aromatic nitrogens is 2. The van der Waals surface area contributed by atoms with E-state index < -0.39 is 0 Å². The molecule has 0 saturated carbocycles.